The van der Waals surface area contributed by atoms with Crippen molar-refractivity contribution >= 4 is 50.7 Å². The topological polar surface area (TPSA) is 18.5 Å². The highest BCUT2D eigenvalue weighted by Crippen LogP contribution is 2.36. The summed E-state index contributed by atoms with van der Waals surface area (Å²) in [5.74, 6) is 1.16. The first-order valence-electron chi connectivity index (χ1n) is 5.61. The van der Waals surface area contributed by atoms with Crippen molar-refractivity contribution in [2.45, 2.75) is 6.61 Å². The normalized spacial score (nSPS) is 10.4. The van der Waals surface area contributed by atoms with Gasteiger partial charge in [0.15, 0.2) is 5.75 Å². The maximum atomic E-state index is 6.07. The molecule has 2 rings (SSSR count). The Hall–Kier alpha value is -0.610. The highest BCUT2D eigenvalue weighted by molar-refractivity contribution is 9.10. The molecule has 6 heteroatoms. The van der Waals surface area contributed by atoms with E-state index in [4.69, 9.17) is 44.3 Å². The molecule has 0 aliphatic heterocycles. The van der Waals surface area contributed by atoms with Crippen molar-refractivity contribution in [3.05, 3.63) is 55.4 Å². The van der Waals surface area contributed by atoms with Gasteiger partial charge < -0.3 is 9.47 Å². The van der Waals surface area contributed by atoms with Crippen molar-refractivity contribution in [3.8, 4) is 11.5 Å². The van der Waals surface area contributed by atoms with Gasteiger partial charge in [-0.25, -0.2) is 0 Å². The molecular weight excluding hydrogens is 386 g/mol. The Bertz CT molecular complexity index is 609. The van der Waals surface area contributed by atoms with Gasteiger partial charge in [-0.1, -0.05) is 50.7 Å². The number of methoxy groups -OCH3 is 1. The van der Waals surface area contributed by atoms with Crippen molar-refractivity contribution in [1.82, 2.24) is 0 Å². The maximum absolute atomic E-state index is 6.07. The number of hydrogen-bond donors (Lipinski definition) is 0. The summed E-state index contributed by atoms with van der Waals surface area (Å²) in [6.45, 7) is 0.304. The lowest BCUT2D eigenvalue weighted by Gasteiger charge is -2.12. The van der Waals surface area contributed by atoms with Gasteiger partial charge in [0.2, 0.25) is 0 Å². The van der Waals surface area contributed by atoms with Gasteiger partial charge >= 0.3 is 0 Å². The van der Waals surface area contributed by atoms with Crippen LogP contribution >= 0.6 is 50.7 Å². The predicted octanol–water partition coefficient (Wildman–Crippen LogP) is 6.00. The molecule has 0 saturated heterocycles. The zero-order valence-corrected chi connectivity index (χ0v) is 14.3. The molecule has 0 saturated carbocycles. The van der Waals surface area contributed by atoms with Crippen molar-refractivity contribution in [2.24, 2.45) is 0 Å². The van der Waals surface area contributed by atoms with E-state index in [0.29, 0.717) is 27.4 Å². The van der Waals surface area contributed by atoms with Crippen LogP contribution in [0.15, 0.2) is 34.8 Å². The molecule has 2 aromatic carbocycles. The van der Waals surface area contributed by atoms with Crippen LogP contribution in [0.2, 0.25) is 15.1 Å². The minimum absolute atomic E-state index is 0.304. The molecular formula is C14H10BrCl3O2. The van der Waals surface area contributed by atoms with Crippen LogP contribution in [0.4, 0.5) is 0 Å². The van der Waals surface area contributed by atoms with Crippen LogP contribution in [0.3, 0.4) is 0 Å². The molecule has 0 radical (unpaired) electrons. The Labute approximate surface area is 140 Å². The number of benzene rings is 2. The maximum Gasteiger partial charge on any atom is 0.157 e. The van der Waals surface area contributed by atoms with Crippen LogP contribution < -0.4 is 9.47 Å². The molecule has 0 aliphatic rings. The van der Waals surface area contributed by atoms with Crippen molar-refractivity contribution in [1.29, 1.82) is 0 Å². The zero-order valence-electron chi connectivity index (χ0n) is 10.4. The third-order valence-corrected chi connectivity index (χ3v) is 4.14. The molecule has 0 heterocycles. The lowest BCUT2D eigenvalue weighted by atomic mass is 10.2. The van der Waals surface area contributed by atoms with E-state index < -0.39 is 0 Å². The SMILES string of the molecule is COc1ccc(Br)c(COc2c(Cl)cc(Cl)cc2Cl)c1. The van der Waals surface area contributed by atoms with Crippen LogP contribution in [0.5, 0.6) is 11.5 Å². The Morgan fingerprint density at radius 1 is 1.05 bits per heavy atom. The molecule has 0 spiro atoms. The molecule has 0 aliphatic carbocycles. The van der Waals surface area contributed by atoms with Crippen LogP contribution in [0.1, 0.15) is 5.56 Å². The molecule has 2 aromatic rings. The number of rotatable bonds is 4. The predicted molar refractivity (Wildman–Crippen MR) is 86.5 cm³/mol. The Balaban J connectivity index is 2.21. The van der Waals surface area contributed by atoms with E-state index in [2.05, 4.69) is 15.9 Å². The van der Waals surface area contributed by atoms with E-state index in [9.17, 15) is 0 Å². The Morgan fingerprint density at radius 2 is 1.70 bits per heavy atom. The van der Waals surface area contributed by atoms with E-state index in [1.165, 1.54) is 0 Å². The van der Waals surface area contributed by atoms with Gasteiger partial charge in [0, 0.05) is 15.1 Å². The van der Waals surface area contributed by atoms with Crippen LogP contribution in [0, 0.1) is 0 Å². The Morgan fingerprint density at radius 3 is 2.30 bits per heavy atom. The van der Waals surface area contributed by atoms with Crippen LogP contribution in [-0.4, -0.2) is 7.11 Å². The summed E-state index contributed by atoms with van der Waals surface area (Å²) in [6.07, 6.45) is 0. The molecule has 0 atom stereocenters. The van der Waals surface area contributed by atoms with Crippen LogP contribution in [-0.2, 0) is 6.61 Å². The second-order valence-corrected chi connectivity index (χ2v) is 6.05. The van der Waals surface area contributed by atoms with Gasteiger partial charge in [-0.3, -0.25) is 0 Å². The van der Waals surface area contributed by atoms with E-state index in [1.807, 2.05) is 18.2 Å². The third-order valence-electron chi connectivity index (χ3n) is 2.59. The minimum atomic E-state index is 0.304. The molecule has 0 fully saturated rings. The second kappa shape index (κ2) is 6.90. The van der Waals surface area contributed by atoms with Gasteiger partial charge in [-0.05, 0) is 30.3 Å². The summed E-state index contributed by atoms with van der Waals surface area (Å²) in [4.78, 5) is 0. The second-order valence-electron chi connectivity index (χ2n) is 3.94. The molecule has 0 unspecified atom stereocenters. The van der Waals surface area contributed by atoms with Gasteiger partial charge in [0.05, 0.1) is 17.2 Å². The number of ether oxygens (including phenoxy) is 2. The third kappa shape index (κ3) is 3.73. The summed E-state index contributed by atoms with van der Waals surface area (Å²) in [5, 5.41) is 1.22. The highest BCUT2D eigenvalue weighted by Gasteiger charge is 2.11. The lowest BCUT2D eigenvalue weighted by Crippen LogP contribution is -1.98. The van der Waals surface area contributed by atoms with Crippen molar-refractivity contribution in [3.63, 3.8) is 0 Å². The summed E-state index contributed by atoms with van der Waals surface area (Å²) >= 11 is 21.5. The lowest BCUT2D eigenvalue weighted by molar-refractivity contribution is 0.305. The minimum Gasteiger partial charge on any atom is -0.497 e. The molecule has 0 amide bonds. The zero-order chi connectivity index (χ0) is 14.7. The summed E-state index contributed by atoms with van der Waals surface area (Å²) < 4.78 is 11.8. The highest BCUT2D eigenvalue weighted by atomic mass is 79.9. The fraction of sp³-hybridized carbons (Fsp3) is 0.143. The monoisotopic (exact) mass is 394 g/mol. The first-order valence-corrected chi connectivity index (χ1v) is 7.53. The first-order chi connectivity index (χ1) is 9.51. The summed E-state index contributed by atoms with van der Waals surface area (Å²) in [7, 11) is 1.61. The quantitative estimate of drug-likeness (QED) is 0.631. The van der Waals surface area contributed by atoms with E-state index in [-0.39, 0.29) is 0 Å². The summed E-state index contributed by atoms with van der Waals surface area (Å²) in [5.41, 5.74) is 0.923. The number of halogens is 4. The van der Waals surface area contributed by atoms with Crippen LogP contribution in [0.25, 0.3) is 0 Å². The summed E-state index contributed by atoms with van der Waals surface area (Å²) in [6, 6.07) is 8.80. The fourth-order valence-electron chi connectivity index (χ4n) is 1.61. The average Bonchev–Trinajstić information content (AvgIpc) is 2.39. The van der Waals surface area contributed by atoms with Gasteiger partial charge in [0.1, 0.15) is 12.4 Å². The Kier molecular flexibility index (Phi) is 5.44. The fourth-order valence-corrected chi connectivity index (χ4v) is 2.89. The molecule has 0 bridgehead atoms. The first kappa shape index (κ1) is 15.8. The number of hydrogen-bond acceptors (Lipinski definition) is 2. The molecule has 0 aromatic heterocycles. The van der Waals surface area contributed by atoms with Crippen molar-refractivity contribution < 1.29 is 9.47 Å². The average molecular weight is 396 g/mol. The van der Waals surface area contributed by atoms with Gasteiger partial charge in [-0.15, -0.1) is 0 Å². The van der Waals surface area contributed by atoms with E-state index >= 15 is 0 Å². The smallest absolute Gasteiger partial charge is 0.157 e. The largest absolute Gasteiger partial charge is 0.497 e. The molecule has 20 heavy (non-hydrogen) atoms. The van der Waals surface area contributed by atoms with E-state index in [0.717, 1.165) is 15.8 Å². The van der Waals surface area contributed by atoms with Crippen molar-refractivity contribution in [2.75, 3.05) is 7.11 Å². The molecule has 106 valence electrons. The molecule has 2 nitrogen and oxygen atoms in total. The van der Waals surface area contributed by atoms with E-state index in [1.54, 1.807) is 19.2 Å². The molecule has 0 N–H and O–H groups in total. The van der Waals surface area contributed by atoms with Gasteiger partial charge in [-0.2, -0.15) is 0 Å². The van der Waals surface area contributed by atoms with Gasteiger partial charge in [0.25, 0.3) is 0 Å². The standard InChI is InChI=1S/C14H10BrCl3O2/c1-19-10-2-3-11(15)8(4-10)7-20-14-12(17)5-9(16)6-13(14)18/h2-6H,7H2,1H3.